The summed E-state index contributed by atoms with van der Waals surface area (Å²) in [6.07, 6.45) is -4.39. The minimum absolute atomic E-state index is 0.0507. The third-order valence-corrected chi connectivity index (χ3v) is 5.70. The van der Waals surface area contributed by atoms with E-state index in [0.717, 1.165) is 17.7 Å². The fraction of sp³-hybridized carbons (Fsp3) is 0.0417. The largest absolute Gasteiger partial charge is 0.478 e. The van der Waals surface area contributed by atoms with Crippen LogP contribution in [0.25, 0.3) is 21.8 Å². The summed E-state index contributed by atoms with van der Waals surface area (Å²) in [6, 6.07) is 17.5. The van der Waals surface area contributed by atoms with E-state index in [1.165, 1.54) is 35.6 Å². The highest BCUT2D eigenvalue weighted by Gasteiger charge is 2.30. The van der Waals surface area contributed by atoms with Crippen molar-refractivity contribution < 1.29 is 27.9 Å². The molecule has 0 radical (unpaired) electrons. The van der Waals surface area contributed by atoms with Crippen molar-refractivity contribution in [1.29, 1.82) is 0 Å². The standard InChI is InChI=1S/C24H15F3N2O3S/c25-24(26,27)16-9-5-15(6-10-16)22-29-20(13-33-22)14-7-11-17(12-8-14)28-21(30)18-3-1-2-4-19(18)23(31)32/h1-13H,(H,28,30)(H,31,32). The quantitative estimate of drug-likeness (QED) is 0.353. The molecular weight excluding hydrogens is 453 g/mol. The number of nitrogens with one attached hydrogen (secondary N) is 1. The van der Waals surface area contributed by atoms with Crippen molar-refractivity contribution >= 4 is 28.9 Å². The molecule has 4 rings (SSSR count). The van der Waals surface area contributed by atoms with Crippen LogP contribution < -0.4 is 5.32 Å². The maximum Gasteiger partial charge on any atom is 0.416 e. The molecule has 1 amide bonds. The van der Waals surface area contributed by atoms with Gasteiger partial charge in [0.25, 0.3) is 5.91 Å². The third kappa shape index (κ3) is 4.93. The van der Waals surface area contributed by atoms with Gasteiger partial charge in [0.2, 0.25) is 0 Å². The van der Waals surface area contributed by atoms with Gasteiger partial charge in [0.15, 0.2) is 0 Å². The first-order valence-electron chi connectivity index (χ1n) is 9.59. The molecule has 0 fully saturated rings. The topological polar surface area (TPSA) is 79.3 Å². The van der Waals surface area contributed by atoms with E-state index in [2.05, 4.69) is 10.3 Å². The minimum atomic E-state index is -4.39. The summed E-state index contributed by atoms with van der Waals surface area (Å²) >= 11 is 1.31. The molecule has 3 aromatic carbocycles. The molecule has 0 bridgehead atoms. The van der Waals surface area contributed by atoms with Crippen LogP contribution in [0.15, 0.2) is 78.2 Å². The zero-order valence-electron chi connectivity index (χ0n) is 16.8. The maximum atomic E-state index is 12.7. The number of thiazole rings is 1. The molecule has 2 N–H and O–H groups in total. The molecule has 0 aliphatic heterocycles. The molecule has 0 spiro atoms. The molecule has 0 aliphatic carbocycles. The van der Waals surface area contributed by atoms with E-state index in [1.807, 2.05) is 0 Å². The number of carbonyl (C=O) groups is 2. The molecule has 4 aromatic rings. The van der Waals surface area contributed by atoms with Gasteiger partial charge in [-0.05, 0) is 36.4 Å². The van der Waals surface area contributed by atoms with E-state index < -0.39 is 23.6 Å². The lowest BCUT2D eigenvalue weighted by Crippen LogP contribution is -2.16. The molecule has 166 valence electrons. The number of carbonyl (C=O) groups excluding carboxylic acids is 1. The number of rotatable bonds is 5. The molecule has 0 saturated carbocycles. The molecular formula is C24H15F3N2O3S. The molecule has 0 atom stereocenters. The second-order valence-corrected chi connectivity index (χ2v) is 7.85. The summed E-state index contributed by atoms with van der Waals surface area (Å²) in [6.45, 7) is 0. The van der Waals surface area contributed by atoms with E-state index in [-0.39, 0.29) is 11.1 Å². The van der Waals surface area contributed by atoms with Crippen LogP contribution in [0.1, 0.15) is 26.3 Å². The van der Waals surface area contributed by atoms with Gasteiger partial charge in [-0.3, -0.25) is 4.79 Å². The van der Waals surface area contributed by atoms with Crippen LogP contribution >= 0.6 is 11.3 Å². The van der Waals surface area contributed by atoms with Crippen molar-refractivity contribution in [1.82, 2.24) is 4.98 Å². The number of alkyl halides is 3. The Labute approximate surface area is 190 Å². The van der Waals surface area contributed by atoms with Gasteiger partial charge in [-0.1, -0.05) is 36.4 Å². The first-order valence-corrected chi connectivity index (χ1v) is 10.5. The van der Waals surface area contributed by atoms with Gasteiger partial charge < -0.3 is 10.4 Å². The number of hydrogen-bond acceptors (Lipinski definition) is 4. The minimum Gasteiger partial charge on any atom is -0.478 e. The van der Waals surface area contributed by atoms with Gasteiger partial charge in [0, 0.05) is 22.2 Å². The highest BCUT2D eigenvalue weighted by Crippen LogP contribution is 2.33. The molecule has 33 heavy (non-hydrogen) atoms. The van der Waals surface area contributed by atoms with Crippen LogP contribution in [0.4, 0.5) is 18.9 Å². The molecule has 1 aromatic heterocycles. The number of benzene rings is 3. The number of carboxylic acids is 1. The fourth-order valence-electron chi connectivity index (χ4n) is 3.13. The number of aromatic carboxylic acids is 1. The summed E-state index contributed by atoms with van der Waals surface area (Å²) in [7, 11) is 0. The normalized spacial score (nSPS) is 11.2. The molecule has 0 unspecified atom stereocenters. The number of anilines is 1. The van der Waals surface area contributed by atoms with Crippen LogP contribution in [-0.2, 0) is 6.18 Å². The van der Waals surface area contributed by atoms with E-state index >= 15 is 0 Å². The van der Waals surface area contributed by atoms with Gasteiger partial charge in [-0.2, -0.15) is 13.2 Å². The number of aromatic nitrogens is 1. The Morgan fingerprint density at radius 2 is 1.45 bits per heavy atom. The van der Waals surface area contributed by atoms with Crippen LogP contribution in [0.3, 0.4) is 0 Å². The van der Waals surface area contributed by atoms with Gasteiger partial charge in [-0.15, -0.1) is 11.3 Å². The SMILES string of the molecule is O=C(O)c1ccccc1C(=O)Nc1ccc(-c2csc(-c3ccc(C(F)(F)F)cc3)n2)cc1. The van der Waals surface area contributed by atoms with Crippen LogP contribution in [0.5, 0.6) is 0 Å². The average molecular weight is 468 g/mol. The van der Waals surface area contributed by atoms with Crippen molar-refractivity contribution in [2.24, 2.45) is 0 Å². The first-order chi connectivity index (χ1) is 15.7. The number of nitrogens with zero attached hydrogens (tertiary/aromatic N) is 1. The Hall–Kier alpha value is -3.98. The summed E-state index contributed by atoms with van der Waals surface area (Å²) in [5, 5.41) is 14.3. The number of halogens is 3. The Bertz CT molecular complexity index is 1310. The van der Waals surface area contributed by atoms with Gasteiger partial charge in [-0.25, -0.2) is 9.78 Å². The van der Waals surface area contributed by atoms with Crippen molar-refractivity contribution in [3.8, 4) is 21.8 Å². The molecule has 0 saturated heterocycles. The number of amides is 1. The lowest BCUT2D eigenvalue weighted by Gasteiger charge is -2.08. The van der Waals surface area contributed by atoms with Crippen molar-refractivity contribution in [3.63, 3.8) is 0 Å². The van der Waals surface area contributed by atoms with Gasteiger partial charge in [0.1, 0.15) is 5.01 Å². The van der Waals surface area contributed by atoms with E-state index in [0.29, 0.717) is 22.0 Å². The zero-order valence-corrected chi connectivity index (χ0v) is 17.6. The highest BCUT2D eigenvalue weighted by molar-refractivity contribution is 7.13. The van der Waals surface area contributed by atoms with Crippen molar-refractivity contribution in [3.05, 3.63) is 94.9 Å². The van der Waals surface area contributed by atoms with Crippen molar-refractivity contribution in [2.45, 2.75) is 6.18 Å². The number of carboxylic acid groups (broad SMARTS) is 1. The van der Waals surface area contributed by atoms with Gasteiger partial charge in [0.05, 0.1) is 22.4 Å². The number of hydrogen-bond donors (Lipinski definition) is 2. The maximum absolute atomic E-state index is 12.7. The Morgan fingerprint density at radius 3 is 2.06 bits per heavy atom. The lowest BCUT2D eigenvalue weighted by atomic mass is 10.1. The van der Waals surface area contributed by atoms with Crippen LogP contribution in [0, 0.1) is 0 Å². The molecule has 1 heterocycles. The summed E-state index contributed by atoms with van der Waals surface area (Å²) < 4.78 is 38.2. The van der Waals surface area contributed by atoms with E-state index in [4.69, 9.17) is 0 Å². The van der Waals surface area contributed by atoms with Crippen molar-refractivity contribution in [2.75, 3.05) is 5.32 Å². The predicted octanol–water partition coefficient (Wildman–Crippen LogP) is 6.45. The Morgan fingerprint density at radius 1 is 0.848 bits per heavy atom. The second kappa shape index (κ2) is 8.87. The van der Waals surface area contributed by atoms with Gasteiger partial charge >= 0.3 is 12.1 Å². The summed E-state index contributed by atoms with van der Waals surface area (Å²) in [5.74, 6) is -1.73. The molecule has 0 aliphatic rings. The molecule has 9 heteroatoms. The second-order valence-electron chi connectivity index (χ2n) is 7.00. The highest BCUT2D eigenvalue weighted by atomic mass is 32.1. The fourth-order valence-corrected chi connectivity index (χ4v) is 3.97. The van der Waals surface area contributed by atoms with E-state index in [9.17, 15) is 27.9 Å². The first kappa shape index (κ1) is 22.2. The average Bonchev–Trinajstić information content (AvgIpc) is 3.29. The predicted molar refractivity (Wildman–Crippen MR) is 119 cm³/mol. The summed E-state index contributed by atoms with van der Waals surface area (Å²) in [4.78, 5) is 28.3. The Balaban J connectivity index is 1.49. The Kier molecular flexibility index (Phi) is 5.97. The van der Waals surface area contributed by atoms with Crippen LogP contribution in [-0.4, -0.2) is 22.0 Å². The summed E-state index contributed by atoms with van der Waals surface area (Å²) in [5.41, 5.74) is 1.70. The zero-order chi connectivity index (χ0) is 23.6. The van der Waals surface area contributed by atoms with E-state index in [1.54, 1.807) is 41.8 Å². The third-order valence-electron chi connectivity index (χ3n) is 4.80. The monoisotopic (exact) mass is 468 g/mol. The lowest BCUT2D eigenvalue weighted by molar-refractivity contribution is -0.137. The molecule has 5 nitrogen and oxygen atoms in total. The smallest absolute Gasteiger partial charge is 0.416 e. The van der Waals surface area contributed by atoms with Crippen LogP contribution in [0.2, 0.25) is 0 Å².